The van der Waals surface area contributed by atoms with Gasteiger partial charge >= 0.3 is 0 Å². The highest BCUT2D eigenvalue weighted by Crippen LogP contribution is 2.26. The van der Waals surface area contributed by atoms with Crippen LogP contribution < -0.4 is 5.73 Å². The SMILES string of the molecule is C/C(=C/CCN)c1ccc(Cl)cc1Cl. The lowest BCUT2D eigenvalue weighted by atomic mass is 10.1. The van der Waals surface area contributed by atoms with E-state index in [0.717, 1.165) is 17.6 Å². The number of hydrogen-bond acceptors (Lipinski definition) is 1. The van der Waals surface area contributed by atoms with Crippen LogP contribution in [-0.4, -0.2) is 6.54 Å². The van der Waals surface area contributed by atoms with Gasteiger partial charge in [-0.15, -0.1) is 0 Å². The Hall–Kier alpha value is -0.500. The highest BCUT2D eigenvalue weighted by atomic mass is 35.5. The van der Waals surface area contributed by atoms with Crippen LogP contribution in [0.15, 0.2) is 24.3 Å². The molecule has 0 radical (unpaired) electrons. The van der Waals surface area contributed by atoms with E-state index in [4.69, 9.17) is 28.9 Å². The van der Waals surface area contributed by atoms with Crippen molar-refractivity contribution in [3.63, 3.8) is 0 Å². The van der Waals surface area contributed by atoms with E-state index in [1.165, 1.54) is 0 Å². The third kappa shape index (κ3) is 3.02. The molecule has 3 heteroatoms. The summed E-state index contributed by atoms with van der Waals surface area (Å²) in [7, 11) is 0. The van der Waals surface area contributed by atoms with Crippen molar-refractivity contribution < 1.29 is 0 Å². The zero-order valence-corrected chi connectivity index (χ0v) is 9.57. The molecule has 0 atom stereocenters. The molecule has 1 nitrogen and oxygen atoms in total. The lowest BCUT2D eigenvalue weighted by Gasteiger charge is -2.04. The predicted molar refractivity (Wildman–Crippen MR) is 63.8 cm³/mol. The molecule has 0 aliphatic heterocycles. The number of halogens is 2. The van der Waals surface area contributed by atoms with Crippen LogP contribution in [0.3, 0.4) is 0 Å². The fraction of sp³-hybridized carbons (Fsp3) is 0.273. The molecular weight excluding hydrogens is 217 g/mol. The van der Waals surface area contributed by atoms with Crippen molar-refractivity contribution in [2.75, 3.05) is 6.54 Å². The molecule has 0 spiro atoms. The minimum Gasteiger partial charge on any atom is -0.330 e. The average molecular weight is 230 g/mol. The third-order valence-corrected chi connectivity index (χ3v) is 2.52. The molecule has 0 fully saturated rings. The molecule has 0 aliphatic rings. The van der Waals surface area contributed by atoms with Crippen LogP contribution in [-0.2, 0) is 0 Å². The molecular formula is C11H13Cl2N. The Morgan fingerprint density at radius 3 is 2.71 bits per heavy atom. The van der Waals surface area contributed by atoms with E-state index in [1.807, 2.05) is 19.1 Å². The van der Waals surface area contributed by atoms with Gasteiger partial charge in [-0.1, -0.05) is 35.3 Å². The maximum Gasteiger partial charge on any atom is 0.0495 e. The maximum absolute atomic E-state index is 6.05. The van der Waals surface area contributed by atoms with Crippen LogP contribution >= 0.6 is 23.2 Å². The number of hydrogen-bond donors (Lipinski definition) is 1. The minimum absolute atomic E-state index is 0.655. The normalized spacial score (nSPS) is 11.9. The van der Waals surface area contributed by atoms with E-state index in [1.54, 1.807) is 6.07 Å². The molecule has 0 heterocycles. The third-order valence-electron chi connectivity index (χ3n) is 1.97. The van der Waals surface area contributed by atoms with Crippen LogP contribution in [0.4, 0.5) is 0 Å². The van der Waals surface area contributed by atoms with E-state index in [9.17, 15) is 0 Å². The van der Waals surface area contributed by atoms with Crippen LogP contribution in [0, 0.1) is 0 Å². The monoisotopic (exact) mass is 229 g/mol. The van der Waals surface area contributed by atoms with Gasteiger partial charge in [-0.25, -0.2) is 0 Å². The van der Waals surface area contributed by atoms with Crippen molar-refractivity contribution in [2.45, 2.75) is 13.3 Å². The first kappa shape index (κ1) is 11.6. The fourth-order valence-electron chi connectivity index (χ4n) is 1.22. The number of allylic oxidation sites excluding steroid dienone is 1. The van der Waals surface area contributed by atoms with Crippen LogP contribution in [0.25, 0.3) is 5.57 Å². The van der Waals surface area contributed by atoms with Crippen molar-refractivity contribution in [2.24, 2.45) is 5.73 Å². The quantitative estimate of drug-likeness (QED) is 0.840. The van der Waals surface area contributed by atoms with Gasteiger partial charge in [0.25, 0.3) is 0 Å². The van der Waals surface area contributed by atoms with E-state index in [0.29, 0.717) is 16.6 Å². The summed E-state index contributed by atoms with van der Waals surface area (Å²) in [6, 6.07) is 5.51. The zero-order chi connectivity index (χ0) is 10.6. The molecule has 0 amide bonds. The highest BCUT2D eigenvalue weighted by Gasteiger charge is 2.02. The molecule has 1 aromatic rings. The van der Waals surface area contributed by atoms with Gasteiger partial charge in [-0.05, 0) is 43.2 Å². The van der Waals surface area contributed by atoms with Gasteiger partial charge in [0.05, 0.1) is 0 Å². The molecule has 1 rings (SSSR count). The molecule has 14 heavy (non-hydrogen) atoms. The smallest absolute Gasteiger partial charge is 0.0495 e. The number of rotatable bonds is 3. The Kier molecular flexibility index (Phi) is 4.46. The summed E-state index contributed by atoms with van der Waals surface area (Å²) in [4.78, 5) is 0. The lowest BCUT2D eigenvalue weighted by Crippen LogP contribution is -1.96. The standard InChI is InChI=1S/C11H13Cl2N/c1-8(3-2-6-14)10-5-4-9(12)7-11(10)13/h3-5,7H,2,6,14H2,1H3/b8-3-. The Labute approximate surface area is 94.5 Å². The second-order valence-electron chi connectivity index (χ2n) is 3.09. The van der Waals surface area contributed by atoms with Crippen molar-refractivity contribution in [1.82, 2.24) is 0 Å². The highest BCUT2D eigenvalue weighted by molar-refractivity contribution is 6.35. The second-order valence-corrected chi connectivity index (χ2v) is 3.93. The summed E-state index contributed by atoms with van der Waals surface area (Å²) < 4.78 is 0. The van der Waals surface area contributed by atoms with Gasteiger partial charge in [-0.2, -0.15) is 0 Å². The minimum atomic E-state index is 0.655. The first-order valence-electron chi connectivity index (χ1n) is 4.47. The van der Waals surface area contributed by atoms with Gasteiger partial charge in [-0.3, -0.25) is 0 Å². The molecule has 0 aromatic heterocycles. The summed E-state index contributed by atoms with van der Waals surface area (Å²) >= 11 is 11.8. The first-order chi connectivity index (χ1) is 6.65. The zero-order valence-electron chi connectivity index (χ0n) is 8.06. The molecule has 0 bridgehead atoms. The van der Waals surface area contributed by atoms with Crippen molar-refractivity contribution in [3.8, 4) is 0 Å². The summed E-state index contributed by atoms with van der Waals surface area (Å²) in [6.07, 6.45) is 2.94. The number of nitrogens with two attached hydrogens (primary N) is 1. The number of benzene rings is 1. The van der Waals surface area contributed by atoms with E-state index < -0.39 is 0 Å². The topological polar surface area (TPSA) is 26.0 Å². The van der Waals surface area contributed by atoms with Crippen molar-refractivity contribution in [3.05, 3.63) is 39.9 Å². The van der Waals surface area contributed by atoms with Gasteiger partial charge in [0, 0.05) is 10.0 Å². The van der Waals surface area contributed by atoms with Crippen molar-refractivity contribution >= 4 is 28.8 Å². The summed E-state index contributed by atoms with van der Waals surface area (Å²) in [5.41, 5.74) is 7.57. The second kappa shape index (κ2) is 5.40. The Morgan fingerprint density at radius 1 is 1.43 bits per heavy atom. The lowest BCUT2D eigenvalue weighted by molar-refractivity contribution is 1.01. The Balaban J connectivity index is 2.95. The molecule has 0 unspecified atom stereocenters. The summed E-state index contributed by atoms with van der Waals surface area (Å²) in [5, 5.41) is 1.34. The van der Waals surface area contributed by atoms with Crippen LogP contribution in [0.5, 0.6) is 0 Å². The van der Waals surface area contributed by atoms with Gasteiger partial charge in [0.1, 0.15) is 0 Å². The summed E-state index contributed by atoms with van der Waals surface area (Å²) in [6.45, 7) is 2.67. The Morgan fingerprint density at radius 2 is 2.14 bits per heavy atom. The average Bonchev–Trinajstić information content (AvgIpc) is 2.14. The molecule has 2 N–H and O–H groups in total. The predicted octanol–water partition coefficient (Wildman–Crippen LogP) is 3.75. The first-order valence-corrected chi connectivity index (χ1v) is 5.23. The molecule has 0 saturated carbocycles. The molecule has 76 valence electrons. The Bertz CT molecular complexity index is 345. The fourth-order valence-corrected chi connectivity index (χ4v) is 1.78. The van der Waals surface area contributed by atoms with E-state index >= 15 is 0 Å². The van der Waals surface area contributed by atoms with Crippen molar-refractivity contribution in [1.29, 1.82) is 0 Å². The van der Waals surface area contributed by atoms with Crippen LogP contribution in [0.1, 0.15) is 18.9 Å². The van der Waals surface area contributed by atoms with Gasteiger partial charge in [0.15, 0.2) is 0 Å². The van der Waals surface area contributed by atoms with Gasteiger partial charge < -0.3 is 5.73 Å². The maximum atomic E-state index is 6.05. The largest absolute Gasteiger partial charge is 0.330 e. The van der Waals surface area contributed by atoms with E-state index in [2.05, 4.69) is 6.08 Å². The van der Waals surface area contributed by atoms with Crippen LogP contribution in [0.2, 0.25) is 10.0 Å². The van der Waals surface area contributed by atoms with E-state index in [-0.39, 0.29) is 0 Å². The van der Waals surface area contributed by atoms with Gasteiger partial charge in [0.2, 0.25) is 0 Å². The summed E-state index contributed by atoms with van der Waals surface area (Å²) in [5.74, 6) is 0. The molecule has 1 aromatic carbocycles. The molecule has 0 aliphatic carbocycles. The molecule has 0 saturated heterocycles.